The first kappa shape index (κ1) is 9.10. The lowest BCUT2D eigenvalue weighted by atomic mass is 9.86. The van der Waals surface area contributed by atoms with E-state index < -0.39 is 0 Å². The molecule has 3 rings (SSSR count). The summed E-state index contributed by atoms with van der Waals surface area (Å²) >= 11 is 1.66. The highest BCUT2D eigenvalue weighted by atomic mass is 32.1. The largest absolute Gasteiger partial charge is 0.293 e. The zero-order valence-electron chi connectivity index (χ0n) is 8.62. The first-order valence-electron chi connectivity index (χ1n) is 5.32. The fourth-order valence-electron chi connectivity index (χ4n) is 2.37. The maximum atomic E-state index is 11.8. The third-order valence-electron chi connectivity index (χ3n) is 3.18. The van der Waals surface area contributed by atoms with Crippen LogP contribution in [0.1, 0.15) is 40.9 Å². The summed E-state index contributed by atoms with van der Waals surface area (Å²) in [6, 6.07) is 8.35. The molecule has 1 unspecified atom stereocenters. The first-order valence-corrected chi connectivity index (χ1v) is 6.13. The normalized spacial score (nSPS) is 20.6. The Hall–Kier alpha value is -1.15. The molecule has 2 aromatic rings. The standard InChI is InChI=1S/C13H12OS/c1-8-6-7-10(14)13-12(8)9-4-2-3-5-11(9)15-13/h2-5,8H,6-7H2,1H3. The van der Waals surface area contributed by atoms with E-state index in [2.05, 4.69) is 25.1 Å². The number of ketones is 1. The Morgan fingerprint density at radius 2 is 2.13 bits per heavy atom. The van der Waals surface area contributed by atoms with Crippen LogP contribution in [0.4, 0.5) is 0 Å². The van der Waals surface area contributed by atoms with E-state index >= 15 is 0 Å². The minimum absolute atomic E-state index is 0.337. The Bertz CT molecular complexity index is 538. The third kappa shape index (κ3) is 1.25. The molecule has 1 heterocycles. The molecule has 1 aromatic heterocycles. The molecule has 0 saturated heterocycles. The van der Waals surface area contributed by atoms with Crippen LogP contribution in [-0.4, -0.2) is 5.78 Å². The van der Waals surface area contributed by atoms with Crippen LogP contribution < -0.4 is 0 Å². The number of carbonyl (C=O) groups excluding carboxylic acids is 1. The molecule has 1 atom stereocenters. The number of fused-ring (bicyclic) bond motifs is 3. The van der Waals surface area contributed by atoms with Gasteiger partial charge in [-0.15, -0.1) is 11.3 Å². The highest BCUT2D eigenvalue weighted by molar-refractivity contribution is 7.21. The van der Waals surface area contributed by atoms with E-state index in [9.17, 15) is 4.79 Å². The summed E-state index contributed by atoms with van der Waals surface area (Å²) in [5.74, 6) is 0.873. The number of benzene rings is 1. The average Bonchev–Trinajstić information content (AvgIpc) is 2.64. The summed E-state index contributed by atoms with van der Waals surface area (Å²) < 4.78 is 1.25. The van der Waals surface area contributed by atoms with Crippen molar-refractivity contribution >= 4 is 27.2 Å². The summed E-state index contributed by atoms with van der Waals surface area (Å²) in [5, 5.41) is 1.29. The molecule has 76 valence electrons. The lowest BCUT2D eigenvalue weighted by Crippen LogP contribution is -2.10. The van der Waals surface area contributed by atoms with Gasteiger partial charge < -0.3 is 0 Å². The molecule has 1 aliphatic rings. The molecule has 2 heteroatoms. The van der Waals surface area contributed by atoms with Gasteiger partial charge in [-0.05, 0) is 29.4 Å². The van der Waals surface area contributed by atoms with E-state index in [1.807, 2.05) is 6.07 Å². The molecule has 0 radical (unpaired) electrons. The van der Waals surface area contributed by atoms with Gasteiger partial charge in [0, 0.05) is 11.1 Å². The van der Waals surface area contributed by atoms with Gasteiger partial charge in [0.25, 0.3) is 0 Å². The molecule has 0 saturated carbocycles. The highest BCUT2D eigenvalue weighted by Crippen LogP contribution is 2.41. The lowest BCUT2D eigenvalue weighted by Gasteiger charge is -2.17. The van der Waals surface area contributed by atoms with Crippen molar-refractivity contribution in [3.8, 4) is 0 Å². The van der Waals surface area contributed by atoms with E-state index in [0.717, 1.165) is 17.7 Å². The van der Waals surface area contributed by atoms with Crippen molar-refractivity contribution in [3.05, 3.63) is 34.7 Å². The van der Waals surface area contributed by atoms with Gasteiger partial charge in [0.05, 0.1) is 4.88 Å². The van der Waals surface area contributed by atoms with E-state index in [1.54, 1.807) is 11.3 Å². The maximum Gasteiger partial charge on any atom is 0.173 e. The van der Waals surface area contributed by atoms with Gasteiger partial charge in [-0.1, -0.05) is 25.1 Å². The molecule has 15 heavy (non-hydrogen) atoms. The zero-order chi connectivity index (χ0) is 10.4. The van der Waals surface area contributed by atoms with Crippen LogP contribution in [0.2, 0.25) is 0 Å². The molecule has 0 aliphatic heterocycles. The monoisotopic (exact) mass is 216 g/mol. The minimum Gasteiger partial charge on any atom is -0.293 e. The molecule has 0 fully saturated rings. The second-order valence-corrected chi connectivity index (χ2v) is 5.26. The predicted molar refractivity (Wildman–Crippen MR) is 63.8 cm³/mol. The van der Waals surface area contributed by atoms with Crippen LogP contribution in [-0.2, 0) is 0 Å². The third-order valence-corrected chi connectivity index (χ3v) is 4.41. The van der Waals surface area contributed by atoms with Gasteiger partial charge in [-0.2, -0.15) is 0 Å². The minimum atomic E-state index is 0.337. The number of rotatable bonds is 0. The topological polar surface area (TPSA) is 17.1 Å². The molecule has 0 amide bonds. The molecular weight excluding hydrogens is 204 g/mol. The van der Waals surface area contributed by atoms with E-state index in [4.69, 9.17) is 0 Å². The second-order valence-electron chi connectivity index (χ2n) is 4.20. The molecule has 0 N–H and O–H groups in total. The molecular formula is C13H12OS. The summed E-state index contributed by atoms with van der Waals surface area (Å²) in [6.45, 7) is 2.23. The Labute approximate surface area is 92.7 Å². The zero-order valence-corrected chi connectivity index (χ0v) is 9.43. The van der Waals surface area contributed by atoms with Crippen molar-refractivity contribution in [2.45, 2.75) is 25.7 Å². The quantitative estimate of drug-likeness (QED) is 0.651. The van der Waals surface area contributed by atoms with E-state index in [0.29, 0.717) is 11.7 Å². The number of Topliss-reactive ketones (excluding diaryl/α,β-unsaturated/α-hetero) is 1. The van der Waals surface area contributed by atoms with Crippen LogP contribution in [0.15, 0.2) is 24.3 Å². The summed E-state index contributed by atoms with van der Waals surface area (Å²) in [7, 11) is 0. The van der Waals surface area contributed by atoms with Gasteiger partial charge in [0.2, 0.25) is 0 Å². The molecule has 0 spiro atoms. The van der Waals surface area contributed by atoms with Gasteiger partial charge >= 0.3 is 0 Å². The first-order chi connectivity index (χ1) is 7.27. The van der Waals surface area contributed by atoms with Crippen molar-refractivity contribution in [2.24, 2.45) is 0 Å². The Balaban J connectivity index is 2.38. The molecule has 1 aromatic carbocycles. The fourth-order valence-corrected chi connectivity index (χ4v) is 3.66. The van der Waals surface area contributed by atoms with Crippen molar-refractivity contribution in [3.63, 3.8) is 0 Å². The van der Waals surface area contributed by atoms with Crippen molar-refractivity contribution in [1.29, 1.82) is 0 Å². The molecule has 1 nitrogen and oxygen atoms in total. The van der Waals surface area contributed by atoms with E-state index in [1.165, 1.54) is 15.6 Å². The van der Waals surface area contributed by atoms with Crippen molar-refractivity contribution < 1.29 is 4.79 Å². The predicted octanol–water partition coefficient (Wildman–Crippen LogP) is 3.98. The fraction of sp³-hybridized carbons (Fsp3) is 0.308. The number of thiophene rings is 1. The van der Waals surface area contributed by atoms with Crippen LogP contribution >= 0.6 is 11.3 Å². The second kappa shape index (κ2) is 3.17. The Morgan fingerprint density at radius 1 is 1.33 bits per heavy atom. The average molecular weight is 216 g/mol. The Morgan fingerprint density at radius 3 is 3.00 bits per heavy atom. The van der Waals surface area contributed by atoms with Crippen LogP contribution in [0.5, 0.6) is 0 Å². The number of hydrogen-bond donors (Lipinski definition) is 0. The number of carbonyl (C=O) groups is 1. The van der Waals surface area contributed by atoms with Crippen LogP contribution in [0, 0.1) is 0 Å². The van der Waals surface area contributed by atoms with Crippen molar-refractivity contribution in [1.82, 2.24) is 0 Å². The Kier molecular flexibility index (Phi) is 1.93. The molecule has 1 aliphatic carbocycles. The smallest absolute Gasteiger partial charge is 0.173 e. The van der Waals surface area contributed by atoms with Gasteiger partial charge in [-0.25, -0.2) is 0 Å². The number of hydrogen-bond acceptors (Lipinski definition) is 2. The maximum absolute atomic E-state index is 11.8. The SMILES string of the molecule is CC1CCC(=O)c2sc3ccccc3c21. The van der Waals surface area contributed by atoms with Crippen LogP contribution in [0.3, 0.4) is 0 Å². The van der Waals surface area contributed by atoms with Crippen LogP contribution in [0.25, 0.3) is 10.1 Å². The molecule has 0 bridgehead atoms. The van der Waals surface area contributed by atoms with Gasteiger partial charge in [0.1, 0.15) is 0 Å². The highest BCUT2D eigenvalue weighted by Gasteiger charge is 2.26. The summed E-state index contributed by atoms with van der Waals surface area (Å²) in [4.78, 5) is 12.8. The van der Waals surface area contributed by atoms with Gasteiger partial charge in [-0.3, -0.25) is 4.79 Å². The summed E-state index contributed by atoms with van der Waals surface area (Å²) in [5.41, 5.74) is 1.30. The van der Waals surface area contributed by atoms with Crippen molar-refractivity contribution in [2.75, 3.05) is 0 Å². The van der Waals surface area contributed by atoms with Gasteiger partial charge in [0.15, 0.2) is 5.78 Å². The van der Waals surface area contributed by atoms with E-state index in [-0.39, 0.29) is 0 Å². The summed E-state index contributed by atoms with van der Waals surface area (Å²) in [6.07, 6.45) is 1.73. The lowest BCUT2D eigenvalue weighted by molar-refractivity contribution is 0.0973.